The fraction of sp³-hybridized carbons (Fsp3) is 0.190. The van der Waals surface area contributed by atoms with Gasteiger partial charge >= 0.3 is 5.97 Å². The van der Waals surface area contributed by atoms with Gasteiger partial charge in [-0.05, 0) is 43.2 Å². The van der Waals surface area contributed by atoms with Crippen LogP contribution in [0.2, 0.25) is 5.02 Å². The molecule has 166 valence electrons. The van der Waals surface area contributed by atoms with Crippen molar-refractivity contribution in [3.8, 4) is 0 Å². The molecule has 32 heavy (non-hydrogen) atoms. The second kappa shape index (κ2) is 8.89. The Morgan fingerprint density at radius 3 is 2.81 bits per heavy atom. The standard InChI is InChI=1S/C21H18ClN3O5S2/c1-2-30-20(27)16-12-31-21(23-16)24-19(26)14-7-8-15(22)18(11-14)32(28,29)25-10-9-13-5-3-4-6-17(13)25/h3-8,11-12H,2,9-10H2,1H3,(H,23,24,26). The van der Waals surface area contributed by atoms with Crippen molar-refractivity contribution in [1.29, 1.82) is 0 Å². The van der Waals surface area contributed by atoms with Crippen LogP contribution in [0.5, 0.6) is 0 Å². The van der Waals surface area contributed by atoms with Gasteiger partial charge in [-0.25, -0.2) is 18.2 Å². The number of benzene rings is 2. The van der Waals surface area contributed by atoms with E-state index >= 15 is 0 Å². The number of para-hydroxylation sites is 1. The van der Waals surface area contributed by atoms with Crippen LogP contribution in [-0.4, -0.2) is 38.4 Å². The molecule has 8 nitrogen and oxygen atoms in total. The first-order chi connectivity index (χ1) is 15.3. The zero-order valence-corrected chi connectivity index (χ0v) is 19.3. The van der Waals surface area contributed by atoms with Crippen LogP contribution in [0, 0.1) is 0 Å². The molecule has 2 heterocycles. The Morgan fingerprint density at radius 2 is 2.03 bits per heavy atom. The summed E-state index contributed by atoms with van der Waals surface area (Å²) >= 11 is 7.28. The van der Waals surface area contributed by atoms with Crippen molar-refractivity contribution in [1.82, 2.24) is 4.98 Å². The van der Waals surface area contributed by atoms with Gasteiger partial charge in [-0.3, -0.25) is 14.4 Å². The lowest BCUT2D eigenvalue weighted by molar-refractivity contribution is 0.0520. The Bertz CT molecular complexity index is 1310. The van der Waals surface area contributed by atoms with Gasteiger partial charge in [0.05, 0.1) is 17.3 Å². The van der Waals surface area contributed by atoms with Gasteiger partial charge in [0.1, 0.15) is 4.90 Å². The average Bonchev–Trinajstić information content (AvgIpc) is 3.41. The maximum absolute atomic E-state index is 13.3. The highest BCUT2D eigenvalue weighted by atomic mass is 35.5. The second-order valence-corrected chi connectivity index (χ2v) is 9.91. The molecular weight excluding hydrogens is 474 g/mol. The molecule has 4 rings (SSSR count). The number of halogens is 1. The molecule has 0 bridgehead atoms. The summed E-state index contributed by atoms with van der Waals surface area (Å²) in [6.45, 7) is 2.19. The summed E-state index contributed by atoms with van der Waals surface area (Å²) in [5, 5.41) is 4.24. The van der Waals surface area contributed by atoms with Gasteiger partial charge in [-0.2, -0.15) is 0 Å². The normalized spacial score (nSPS) is 13.0. The number of amides is 1. The number of hydrogen-bond donors (Lipinski definition) is 1. The van der Waals surface area contributed by atoms with Crippen molar-refractivity contribution in [2.45, 2.75) is 18.2 Å². The zero-order chi connectivity index (χ0) is 22.9. The molecule has 0 radical (unpaired) electrons. The molecule has 0 aliphatic carbocycles. The van der Waals surface area contributed by atoms with Gasteiger partial charge in [0, 0.05) is 17.5 Å². The number of nitrogens with one attached hydrogen (secondary N) is 1. The van der Waals surface area contributed by atoms with Gasteiger partial charge in [-0.15, -0.1) is 11.3 Å². The third kappa shape index (κ3) is 4.21. The number of carbonyl (C=O) groups excluding carboxylic acids is 2. The lowest BCUT2D eigenvalue weighted by Crippen LogP contribution is -2.29. The van der Waals surface area contributed by atoms with E-state index < -0.39 is 21.9 Å². The van der Waals surface area contributed by atoms with E-state index in [4.69, 9.17) is 16.3 Å². The van der Waals surface area contributed by atoms with Crippen LogP contribution in [0.1, 0.15) is 33.3 Å². The largest absolute Gasteiger partial charge is 0.461 e. The maximum atomic E-state index is 13.3. The molecule has 11 heteroatoms. The summed E-state index contributed by atoms with van der Waals surface area (Å²) in [5.74, 6) is -1.17. The summed E-state index contributed by atoms with van der Waals surface area (Å²) in [6, 6.07) is 11.3. The van der Waals surface area contributed by atoms with Crippen LogP contribution in [-0.2, 0) is 21.2 Å². The van der Waals surface area contributed by atoms with Crippen molar-refractivity contribution in [3.63, 3.8) is 0 Å². The third-order valence-electron chi connectivity index (χ3n) is 4.82. The summed E-state index contributed by atoms with van der Waals surface area (Å²) in [7, 11) is -3.98. The van der Waals surface area contributed by atoms with Gasteiger partial charge in [-0.1, -0.05) is 29.8 Å². The van der Waals surface area contributed by atoms with Crippen LogP contribution in [0.4, 0.5) is 10.8 Å². The number of anilines is 2. The number of nitrogens with zero attached hydrogens (tertiary/aromatic N) is 2. The average molecular weight is 492 g/mol. The lowest BCUT2D eigenvalue weighted by Gasteiger charge is -2.20. The molecule has 1 aromatic heterocycles. The summed E-state index contributed by atoms with van der Waals surface area (Å²) in [5.41, 5.74) is 1.71. The Labute approximate surface area is 193 Å². The highest BCUT2D eigenvalue weighted by Gasteiger charge is 2.32. The van der Waals surface area contributed by atoms with Crippen molar-refractivity contribution >= 4 is 55.7 Å². The first-order valence-corrected chi connectivity index (χ1v) is 12.3. The quantitative estimate of drug-likeness (QED) is 0.523. The van der Waals surface area contributed by atoms with Gasteiger partial charge in [0.15, 0.2) is 10.8 Å². The van der Waals surface area contributed by atoms with Gasteiger partial charge < -0.3 is 4.74 Å². The van der Waals surface area contributed by atoms with Crippen LogP contribution in [0.25, 0.3) is 0 Å². The van der Waals surface area contributed by atoms with Crippen molar-refractivity contribution < 1.29 is 22.7 Å². The summed E-state index contributed by atoms with van der Waals surface area (Å²) in [4.78, 5) is 28.3. The van der Waals surface area contributed by atoms with E-state index in [1.54, 1.807) is 19.1 Å². The zero-order valence-electron chi connectivity index (χ0n) is 16.9. The SMILES string of the molecule is CCOC(=O)c1csc(NC(=O)c2ccc(Cl)c(S(=O)(=O)N3CCc4ccccc43)c2)n1. The van der Waals surface area contributed by atoms with Gasteiger partial charge in [0.2, 0.25) is 0 Å². The van der Waals surface area contributed by atoms with Gasteiger partial charge in [0.25, 0.3) is 15.9 Å². The molecule has 0 atom stereocenters. The number of hydrogen-bond acceptors (Lipinski definition) is 7. The number of carbonyl (C=O) groups is 2. The summed E-state index contributed by atoms with van der Waals surface area (Å²) < 4.78 is 32.9. The third-order valence-corrected chi connectivity index (χ3v) is 7.87. The van der Waals surface area contributed by atoms with E-state index in [0.717, 1.165) is 16.9 Å². The highest BCUT2D eigenvalue weighted by Crippen LogP contribution is 2.35. The van der Waals surface area contributed by atoms with E-state index in [1.807, 2.05) is 12.1 Å². The van der Waals surface area contributed by atoms with Crippen LogP contribution in [0.3, 0.4) is 0 Å². The Hall–Kier alpha value is -2.95. The number of thiazole rings is 1. The Balaban J connectivity index is 1.59. The van der Waals surface area contributed by atoms with Crippen LogP contribution in [0.15, 0.2) is 52.7 Å². The van der Waals surface area contributed by atoms with E-state index in [0.29, 0.717) is 18.7 Å². The minimum atomic E-state index is -3.98. The van der Waals surface area contributed by atoms with Crippen molar-refractivity contribution in [2.24, 2.45) is 0 Å². The smallest absolute Gasteiger partial charge is 0.357 e. The van der Waals surface area contributed by atoms with E-state index in [9.17, 15) is 18.0 Å². The topological polar surface area (TPSA) is 106 Å². The minimum absolute atomic E-state index is 0.0183. The molecule has 0 unspecified atom stereocenters. The number of rotatable bonds is 6. The predicted octanol–water partition coefficient (Wildman–Crippen LogP) is 3.98. The fourth-order valence-electron chi connectivity index (χ4n) is 3.32. The minimum Gasteiger partial charge on any atom is -0.461 e. The molecule has 1 N–H and O–H groups in total. The molecule has 0 saturated carbocycles. The van der Waals surface area contributed by atoms with Crippen LogP contribution >= 0.6 is 22.9 Å². The number of sulfonamides is 1. The first-order valence-electron chi connectivity index (χ1n) is 9.65. The number of esters is 1. The molecule has 0 fully saturated rings. The second-order valence-electron chi connectivity index (χ2n) is 6.81. The molecule has 1 aliphatic heterocycles. The highest BCUT2D eigenvalue weighted by molar-refractivity contribution is 7.93. The fourth-order valence-corrected chi connectivity index (χ4v) is 6.00. The molecule has 0 saturated heterocycles. The van der Waals surface area contributed by atoms with Crippen molar-refractivity contribution in [3.05, 3.63) is 69.7 Å². The molecule has 1 amide bonds. The molecule has 1 aliphatic rings. The molecule has 2 aromatic carbocycles. The van der Waals surface area contributed by atoms with E-state index in [-0.39, 0.29) is 32.9 Å². The maximum Gasteiger partial charge on any atom is 0.357 e. The lowest BCUT2D eigenvalue weighted by atomic mass is 10.2. The molecule has 0 spiro atoms. The van der Waals surface area contributed by atoms with E-state index in [1.165, 1.54) is 27.9 Å². The molecule has 3 aromatic rings. The Morgan fingerprint density at radius 1 is 1.25 bits per heavy atom. The van der Waals surface area contributed by atoms with Crippen LogP contribution < -0.4 is 9.62 Å². The number of ether oxygens (including phenoxy) is 1. The number of fused-ring (bicyclic) bond motifs is 1. The Kier molecular flexibility index (Phi) is 6.18. The summed E-state index contributed by atoms with van der Waals surface area (Å²) in [6.07, 6.45) is 0.597. The predicted molar refractivity (Wildman–Crippen MR) is 122 cm³/mol. The molecular formula is C21H18ClN3O5S2. The van der Waals surface area contributed by atoms with Crippen molar-refractivity contribution in [2.75, 3.05) is 22.8 Å². The first kappa shape index (κ1) is 22.3. The monoisotopic (exact) mass is 491 g/mol. The van der Waals surface area contributed by atoms with E-state index in [2.05, 4.69) is 10.3 Å². The number of aromatic nitrogens is 1.